The molecule has 8 heteroatoms. The van der Waals surface area contributed by atoms with Crippen molar-refractivity contribution in [1.29, 1.82) is 0 Å². The van der Waals surface area contributed by atoms with E-state index in [0.29, 0.717) is 23.0 Å². The fourth-order valence-electron chi connectivity index (χ4n) is 3.25. The first-order valence-corrected chi connectivity index (χ1v) is 11.5. The molecule has 1 aromatic carbocycles. The normalized spacial score (nSPS) is 15.5. The van der Waals surface area contributed by atoms with Crippen molar-refractivity contribution < 1.29 is 13.2 Å². The van der Waals surface area contributed by atoms with Crippen LogP contribution in [0.15, 0.2) is 29.2 Å². The average molecular weight is 408 g/mol. The van der Waals surface area contributed by atoms with Crippen LogP contribution in [0.4, 0.5) is 5.13 Å². The van der Waals surface area contributed by atoms with Gasteiger partial charge in [0, 0.05) is 6.54 Å². The standard InChI is InChI=1S/C19H25N3O3S2/c1-13-8-10-16(11-9-13)27(24,25)22-19-21-14(2)17(26-19)18(23)20-12-15-6-4-3-5-7-15/h8-11,15H,3-7,12H2,1-2H3,(H,20,23)(H,21,22). The summed E-state index contributed by atoms with van der Waals surface area (Å²) in [6.07, 6.45) is 6.05. The fraction of sp³-hybridized carbons (Fsp3) is 0.474. The summed E-state index contributed by atoms with van der Waals surface area (Å²) in [5.41, 5.74) is 1.51. The number of aryl methyl sites for hydroxylation is 2. The van der Waals surface area contributed by atoms with Crippen molar-refractivity contribution in [1.82, 2.24) is 10.3 Å². The van der Waals surface area contributed by atoms with Crippen LogP contribution in [0.1, 0.15) is 53.0 Å². The fourth-order valence-corrected chi connectivity index (χ4v) is 5.37. The Hall–Kier alpha value is -1.93. The highest BCUT2D eigenvalue weighted by molar-refractivity contribution is 7.93. The van der Waals surface area contributed by atoms with Crippen LogP contribution in [0.25, 0.3) is 0 Å². The van der Waals surface area contributed by atoms with E-state index in [-0.39, 0.29) is 15.9 Å². The molecule has 0 atom stereocenters. The van der Waals surface area contributed by atoms with E-state index >= 15 is 0 Å². The first kappa shape index (κ1) is 19.8. The second-order valence-electron chi connectivity index (χ2n) is 7.07. The van der Waals surface area contributed by atoms with Crippen LogP contribution in [0.2, 0.25) is 0 Å². The summed E-state index contributed by atoms with van der Waals surface area (Å²) in [5.74, 6) is 0.354. The maximum Gasteiger partial charge on any atom is 0.263 e. The van der Waals surface area contributed by atoms with Gasteiger partial charge in [0.15, 0.2) is 5.13 Å². The zero-order valence-corrected chi connectivity index (χ0v) is 17.3. The monoisotopic (exact) mass is 407 g/mol. The minimum Gasteiger partial charge on any atom is -0.351 e. The smallest absolute Gasteiger partial charge is 0.263 e. The number of benzene rings is 1. The molecular weight excluding hydrogens is 382 g/mol. The molecule has 0 spiro atoms. The number of nitrogens with zero attached hydrogens (tertiary/aromatic N) is 1. The summed E-state index contributed by atoms with van der Waals surface area (Å²) >= 11 is 1.07. The lowest BCUT2D eigenvalue weighted by atomic mass is 9.89. The topological polar surface area (TPSA) is 88.2 Å². The Morgan fingerprint density at radius 1 is 1.15 bits per heavy atom. The molecule has 3 rings (SSSR count). The van der Waals surface area contributed by atoms with Gasteiger partial charge in [0.05, 0.1) is 10.6 Å². The largest absolute Gasteiger partial charge is 0.351 e. The predicted molar refractivity (Wildman–Crippen MR) is 108 cm³/mol. The summed E-state index contributed by atoms with van der Waals surface area (Å²) in [4.78, 5) is 17.3. The maximum absolute atomic E-state index is 12.5. The van der Waals surface area contributed by atoms with E-state index in [1.807, 2.05) is 6.92 Å². The lowest BCUT2D eigenvalue weighted by Gasteiger charge is -2.21. The van der Waals surface area contributed by atoms with Gasteiger partial charge in [-0.3, -0.25) is 9.52 Å². The summed E-state index contributed by atoms with van der Waals surface area (Å²) in [6, 6.07) is 6.59. The number of nitrogens with one attached hydrogen (secondary N) is 2. The number of amides is 1. The Morgan fingerprint density at radius 3 is 2.48 bits per heavy atom. The number of hydrogen-bond donors (Lipinski definition) is 2. The van der Waals surface area contributed by atoms with Gasteiger partial charge in [-0.05, 0) is 44.7 Å². The number of thiazole rings is 1. The first-order chi connectivity index (χ1) is 12.8. The molecule has 2 N–H and O–H groups in total. The van der Waals surface area contributed by atoms with Crippen LogP contribution in [0.3, 0.4) is 0 Å². The summed E-state index contributed by atoms with van der Waals surface area (Å²) < 4.78 is 27.5. The first-order valence-electron chi connectivity index (χ1n) is 9.20. The van der Waals surface area contributed by atoms with E-state index in [1.165, 1.54) is 19.3 Å². The van der Waals surface area contributed by atoms with Crippen LogP contribution in [0.5, 0.6) is 0 Å². The molecule has 1 fully saturated rings. The second-order valence-corrected chi connectivity index (χ2v) is 9.75. The number of sulfonamides is 1. The van der Waals surface area contributed by atoms with Crippen LogP contribution in [-0.4, -0.2) is 25.9 Å². The lowest BCUT2D eigenvalue weighted by molar-refractivity contribution is 0.0947. The van der Waals surface area contributed by atoms with Gasteiger partial charge >= 0.3 is 0 Å². The summed E-state index contributed by atoms with van der Waals surface area (Å²) in [6.45, 7) is 4.28. The van der Waals surface area contributed by atoms with E-state index in [9.17, 15) is 13.2 Å². The highest BCUT2D eigenvalue weighted by atomic mass is 32.2. The van der Waals surface area contributed by atoms with Gasteiger partial charge < -0.3 is 5.32 Å². The van der Waals surface area contributed by atoms with Gasteiger partial charge in [-0.2, -0.15) is 0 Å². The molecule has 2 aromatic rings. The van der Waals surface area contributed by atoms with Gasteiger partial charge in [0.25, 0.3) is 15.9 Å². The molecular formula is C19H25N3O3S2. The van der Waals surface area contributed by atoms with Gasteiger partial charge in [-0.25, -0.2) is 13.4 Å². The minimum absolute atomic E-state index is 0.171. The maximum atomic E-state index is 12.5. The minimum atomic E-state index is -3.72. The molecule has 0 bridgehead atoms. The van der Waals surface area contributed by atoms with Crippen molar-refractivity contribution in [2.45, 2.75) is 50.8 Å². The molecule has 0 radical (unpaired) electrons. The molecule has 27 heavy (non-hydrogen) atoms. The van der Waals surface area contributed by atoms with Crippen LogP contribution < -0.4 is 10.0 Å². The van der Waals surface area contributed by atoms with Gasteiger partial charge in [0.2, 0.25) is 0 Å². The highest BCUT2D eigenvalue weighted by Crippen LogP contribution is 2.26. The SMILES string of the molecule is Cc1ccc(S(=O)(=O)Nc2nc(C)c(C(=O)NCC3CCCCC3)s2)cc1. The zero-order valence-electron chi connectivity index (χ0n) is 15.6. The third-order valence-electron chi connectivity index (χ3n) is 4.83. The Balaban J connectivity index is 1.66. The zero-order chi connectivity index (χ0) is 19.4. The number of carbonyl (C=O) groups is 1. The van der Waals surface area contributed by atoms with Gasteiger partial charge in [0.1, 0.15) is 4.88 Å². The molecule has 0 unspecified atom stereocenters. The second kappa shape index (κ2) is 8.39. The van der Waals surface area contributed by atoms with E-state index < -0.39 is 10.0 Å². The number of hydrogen-bond acceptors (Lipinski definition) is 5. The Bertz CT molecular complexity index is 899. The van der Waals surface area contributed by atoms with E-state index in [2.05, 4.69) is 15.0 Å². The number of anilines is 1. The van der Waals surface area contributed by atoms with E-state index in [4.69, 9.17) is 0 Å². The van der Waals surface area contributed by atoms with Crippen LogP contribution in [0, 0.1) is 19.8 Å². The number of carbonyl (C=O) groups excluding carboxylic acids is 1. The summed E-state index contributed by atoms with van der Waals surface area (Å²) in [5, 5.41) is 3.18. The number of aromatic nitrogens is 1. The Labute approximate surface area is 164 Å². The van der Waals surface area contributed by atoms with Crippen molar-refractivity contribution in [2.24, 2.45) is 5.92 Å². The molecule has 1 heterocycles. The average Bonchev–Trinajstić information content (AvgIpc) is 3.00. The molecule has 6 nitrogen and oxygen atoms in total. The molecule has 1 amide bonds. The quantitative estimate of drug-likeness (QED) is 0.761. The Kier molecular flexibility index (Phi) is 6.16. The lowest BCUT2D eigenvalue weighted by Crippen LogP contribution is -2.30. The molecule has 1 saturated carbocycles. The van der Waals surface area contributed by atoms with E-state index in [0.717, 1.165) is 29.7 Å². The molecule has 1 aromatic heterocycles. The molecule has 0 saturated heterocycles. The molecule has 1 aliphatic carbocycles. The molecule has 146 valence electrons. The van der Waals surface area contributed by atoms with Crippen molar-refractivity contribution in [2.75, 3.05) is 11.3 Å². The van der Waals surface area contributed by atoms with Crippen molar-refractivity contribution in [3.63, 3.8) is 0 Å². The molecule has 0 aliphatic heterocycles. The van der Waals surface area contributed by atoms with E-state index in [1.54, 1.807) is 31.2 Å². The van der Waals surface area contributed by atoms with Crippen molar-refractivity contribution in [3.05, 3.63) is 40.4 Å². The summed E-state index contributed by atoms with van der Waals surface area (Å²) in [7, 11) is -3.72. The highest BCUT2D eigenvalue weighted by Gasteiger charge is 2.21. The van der Waals surface area contributed by atoms with Gasteiger partial charge in [-0.15, -0.1) is 0 Å². The third-order valence-corrected chi connectivity index (χ3v) is 7.39. The number of rotatable bonds is 6. The predicted octanol–water partition coefficient (Wildman–Crippen LogP) is 3.87. The van der Waals surface area contributed by atoms with Crippen molar-refractivity contribution >= 4 is 32.4 Å². The van der Waals surface area contributed by atoms with Gasteiger partial charge in [-0.1, -0.05) is 48.3 Å². The Morgan fingerprint density at radius 2 is 1.81 bits per heavy atom. The molecule has 1 aliphatic rings. The van der Waals surface area contributed by atoms with Crippen LogP contribution >= 0.6 is 11.3 Å². The van der Waals surface area contributed by atoms with Crippen LogP contribution in [-0.2, 0) is 10.0 Å². The third kappa shape index (κ3) is 5.07. The van der Waals surface area contributed by atoms with Crippen molar-refractivity contribution in [3.8, 4) is 0 Å².